The predicted octanol–water partition coefficient (Wildman–Crippen LogP) is 1.34. The van der Waals surface area contributed by atoms with Crippen molar-refractivity contribution in [3.8, 4) is 0 Å². The van der Waals surface area contributed by atoms with Gasteiger partial charge in [-0.3, -0.25) is 4.79 Å². The Kier molecular flexibility index (Phi) is 4.80. The molecule has 1 amide bonds. The van der Waals surface area contributed by atoms with E-state index in [9.17, 15) is 4.79 Å². The number of aromatic nitrogens is 2. The summed E-state index contributed by atoms with van der Waals surface area (Å²) < 4.78 is 0. The van der Waals surface area contributed by atoms with Crippen LogP contribution in [0.25, 0.3) is 0 Å². The van der Waals surface area contributed by atoms with E-state index >= 15 is 0 Å². The minimum absolute atomic E-state index is 0.134. The van der Waals surface area contributed by atoms with Crippen LogP contribution in [-0.4, -0.2) is 47.5 Å². The van der Waals surface area contributed by atoms with Crippen LogP contribution in [0, 0.1) is 6.92 Å². The van der Waals surface area contributed by atoms with Crippen LogP contribution in [0.1, 0.15) is 35.1 Å². The first-order valence-corrected chi connectivity index (χ1v) is 9.41. The van der Waals surface area contributed by atoms with Gasteiger partial charge in [0.1, 0.15) is 17.7 Å². The Morgan fingerprint density at radius 2 is 1.96 bits per heavy atom. The standard InChI is InChI=1S/C20H26N6O/c1-13-21-18-12-26(10-9-15(18)19(22-13)25(2)3)20(27)17-11-16(23-24-17)14-7-5-4-6-8-14/h4-8,16-17,23-24H,9-12H2,1-3H3. The van der Waals surface area contributed by atoms with Crippen LogP contribution in [-0.2, 0) is 17.8 Å². The molecule has 2 atom stereocenters. The molecule has 1 fully saturated rings. The summed E-state index contributed by atoms with van der Waals surface area (Å²) in [5, 5.41) is 0. The van der Waals surface area contributed by atoms with Gasteiger partial charge in [-0.05, 0) is 25.3 Å². The molecule has 2 aliphatic rings. The quantitative estimate of drug-likeness (QED) is 0.854. The first kappa shape index (κ1) is 17.9. The van der Waals surface area contributed by atoms with E-state index in [1.54, 1.807) is 0 Å². The zero-order valence-electron chi connectivity index (χ0n) is 16.1. The molecule has 1 aromatic heterocycles. The van der Waals surface area contributed by atoms with E-state index in [1.165, 1.54) is 5.56 Å². The number of nitrogens with zero attached hydrogens (tertiary/aromatic N) is 4. The number of nitrogens with one attached hydrogen (secondary N) is 2. The molecular weight excluding hydrogens is 340 g/mol. The highest BCUT2D eigenvalue weighted by atomic mass is 16.2. The number of carbonyl (C=O) groups is 1. The van der Waals surface area contributed by atoms with Crippen molar-refractivity contribution in [1.29, 1.82) is 0 Å². The van der Waals surface area contributed by atoms with E-state index in [2.05, 4.69) is 33.0 Å². The van der Waals surface area contributed by atoms with Crippen LogP contribution in [0.3, 0.4) is 0 Å². The SMILES string of the molecule is Cc1nc2c(c(N(C)C)n1)CCN(C(=O)C1CC(c3ccccc3)NN1)C2. The number of carbonyl (C=O) groups excluding carboxylic acids is 1. The van der Waals surface area contributed by atoms with Crippen molar-refractivity contribution in [3.63, 3.8) is 0 Å². The van der Waals surface area contributed by atoms with Crippen molar-refractivity contribution in [2.45, 2.75) is 38.4 Å². The first-order valence-electron chi connectivity index (χ1n) is 9.41. The average molecular weight is 366 g/mol. The third-order valence-electron chi connectivity index (χ3n) is 5.29. The van der Waals surface area contributed by atoms with Crippen molar-refractivity contribution in [1.82, 2.24) is 25.7 Å². The fourth-order valence-electron chi connectivity index (χ4n) is 3.93. The zero-order chi connectivity index (χ0) is 19.0. The summed E-state index contributed by atoms with van der Waals surface area (Å²) in [4.78, 5) is 26.2. The summed E-state index contributed by atoms with van der Waals surface area (Å²) in [5.74, 6) is 1.85. The molecule has 0 aliphatic carbocycles. The minimum Gasteiger partial charge on any atom is -0.362 e. The molecule has 142 valence electrons. The smallest absolute Gasteiger partial charge is 0.241 e. The van der Waals surface area contributed by atoms with E-state index in [0.717, 1.165) is 35.7 Å². The molecule has 2 unspecified atom stereocenters. The van der Waals surface area contributed by atoms with Gasteiger partial charge in [-0.25, -0.2) is 20.8 Å². The van der Waals surface area contributed by atoms with Crippen molar-refractivity contribution >= 4 is 11.7 Å². The Morgan fingerprint density at radius 3 is 2.70 bits per heavy atom. The largest absolute Gasteiger partial charge is 0.362 e. The highest BCUT2D eigenvalue weighted by Gasteiger charge is 2.35. The number of aryl methyl sites for hydroxylation is 1. The lowest BCUT2D eigenvalue weighted by atomic mass is 10.00. The summed E-state index contributed by atoms with van der Waals surface area (Å²) in [6.45, 7) is 3.15. The molecule has 3 heterocycles. The highest BCUT2D eigenvalue weighted by molar-refractivity contribution is 5.82. The molecule has 0 saturated carbocycles. The van der Waals surface area contributed by atoms with Gasteiger partial charge in [0, 0.05) is 32.2 Å². The first-order chi connectivity index (χ1) is 13.0. The van der Waals surface area contributed by atoms with Gasteiger partial charge >= 0.3 is 0 Å². The third kappa shape index (κ3) is 3.52. The Balaban J connectivity index is 1.47. The second-order valence-corrected chi connectivity index (χ2v) is 7.46. The van der Waals surface area contributed by atoms with E-state index in [1.807, 2.05) is 49.0 Å². The summed E-state index contributed by atoms with van der Waals surface area (Å²) in [5.41, 5.74) is 9.78. The van der Waals surface area contributed by atoms with Gasteiger partial charge in [-0.15, -0.1) is 0 Å². The second-order valence-electron chi connectivity index (χ2n) is 7.46. The molecule has 0 radical (unpaired) electrons. The van der Waals surface area contributed by atoms with Gasteiger partial charge in [0.05, 0.1) is 12.2 Å². The lowest BCUT2D eigenvalue weighted by Gasteiger charge is -2.32. The number of hydrogen-bond acceptors (Lipinski definition) is 6. The van der Waals surface area contributed by atoms with Gasteiger partial charge in [0.25, 0.3) is 0 Å². The van der Waals surface area contributed by atoms with E-state index < -0.39 is 0 Å². The monoisotopic (exact) mass is 366 g/mol. The Morgan fingerprint density at radius 1 is 1.19 bits per heavy atom. The number of hydrogen-bond donors (Lipinski definition) is 2. The van der Waals surface area contributed by atoms with Gasteiger partial charge in [-0.1, -0.05) is 30.3 Å². The van der Waals surface area contributed by atoms with Crippen LogP contribution in [0.5, 0.6) is 0 Å². The minimum atomic E-state index is -0.215. The van der Waals surface area contributed by atoms with Crippen molar-refractivity contribution in [2.24, 2.45) is 0 Å². The Labute approximate surface area is 159 Å². The second kappa shape index (κ2) is 7.25. The lowest BCUT2D eigenvalue weighted by Crippen LogP contribution is -2.47. The fourth-order valence-corrected chi connectivity index (χ4v) is 3.93. The molecule has 0 spiro atoms. The van der Waals surface area contributed by atoms with Crippen LogP contribution in [0.2, 0.25) is 0 Å². The van der Waals surface area contributed by atoms with Gasteiger partial charge < -0.3 is 9.80 Å². The topological polar surface area (TPSA) is 73.4 Å². The molecule has 4 rings (SSSR count). The van der Waals surface area contributed by atoms with E-state index in [-0.39, 0.29) is 18.0 Å². The number of rotatable bonds is 3. The maximum Gasteiger partial charge on any atom is 0.241 e. The molecule has 7 heteroatoms. The highest BCUT2D eigenvalue weighted by Crippen LogP contribution is 2.27. The number of benzene rings is 1. The number of fused-ring (bicyclic) bond motifs is 1. The molecule has 27 heavy (non-hydrogen) atoms. The number of hydrazine groups is 1. The summed E-state index contributed by atoms with van der Waals surface area (Å²) in [6, 6.07) is 10.2. The maximum absolute atomic E-state index is 13.1. The van der Waals surface area contributed by atoms with Crippen LogP contribution in [0.4, 0.5) is 5.82 Å². The van der Waals surface area contributed by atoms with E-state index in [0.29, 0.717) is 13.1 Å². The van der Waals surface area contributed by atoms with E-state index in [4.69, 9.17) is 0 Å². The van der Waals surface area contributed by atoms with Crippen LogP contribution >= 0.6 is 0 Å². The molecule has 0 bridgehead atoms. The molecular formula is C20H26N6O. The fraction of sp³-hybridized carbons (Fsp3) is 0.450. The Bertz CT molecular complexity index is 838. The van der Waals surface area contributed by atoms with Gasteiger partial charge in [0.2, 0.25) is 5.91 Å². The molecule has 2 aromatic rings. The average Bonchev–Trinajstić information content (AvgIpc) is 3.17. The lowest BCUT2D eigenvalue weighted by molar-refractivity contribution is -0.134. The molecule has 1 saturated heterocycles. The third-order valence-corrected chi connectivity index (χ3v) is 5.29. The summed E-state index contributed by atoms with van der Waals surface area (Å²) in [7, 11) is 3.99. The molecule has 1 aromatic carbocycles. The maximum atomic E-state index is 13.1. The van der Waals surface area contributed by atoms with Crippen LogP contribution in [0.15, 0.2) is 30.3 Å². The molecule has 2 aliphatic heterocycles. The number of amides is 1. The van der Waals surface area contributed by atoms with Crippen molar-refractivity contribution in [3.05, 3.63) is 53.0 Å². The van der Waals surface area contributed by atoms with Gasteiger partial charge in [0.15, 0.2) is 0 Å². The van der Waals surface area contributed by atoms with Gasteiger partial charge in [-0.2, -0.15) is 0 Å². The summed E-state index contributed by atoms with van der Waals surface area (Å²) in [6.07, 6.45) is 1.54. The van der Waals surface area contributed by atoms with Crippen LogP contribution < -0.4 is 15.8 Å². The molecule has 7 nitrogen and oxygen atoms in total. The van der Waals surface area contributed by atoms with Crippen molar-refractivity contribution in [2.75, 3.05) is 25.5 Å². The number of anilines is 1. The normalized spacial score (nSPS) is 21.8. The zero-order valence-corrected chi connectivity index (χ0v) is 16.1. The predicted molar refractivity (Wildman–Crippen MR) is 104 cm³/mol. The summed E-state index contributed by atoms with van der Waals surface area (Å²) >= 11 is 0. The van der Waals surface area contributed by atoms with Crippen molar-refractivity contribution < 1.29 is 4.79 Å². The molecule has 2 N–H and O–H groups in total. The Hall–Kier alpha value is -2.51.